The first-order valence-corrected chi connectivity index (χ1v) is 7.86. The first kappa shape index (κ1) is 13.9. The predicted octanol–water partition coefficient (Wildman–Crippen LogP) is 2.70. The van der Waals surface area contributed by atoms with Gasteiger partial charge in [0.1, 0.15) is 0 Å². The minimum atomic E-state index is 0.0219. The molecule has 3 rings (SSSR count). The molecule has 108 valence electrons. The van der Waals surface area contributed by atoms with E-state index in [0.717, 1.165) is 15.5 Å². The van der Waals surface area contributed by atoms with Crippen molar-refractivity contribution in [2.75, 3.05) is 7.05 Å². The molecule has 1 aromatic heterocycles. The summed E-state index contributed by atoms with van der Waals surface area (Å²) in [6.45, 7) is 0. The monoisotopic (exact) mass is 337 g/mol. The molecule has 1 aliphatic carbocycles. The highest BCUT2D eigenvalue weighted by Gasteiger charge is 2.29. The molecule has 0 saturated heterocycles. The number of aryl methyl sites for hydroxylation is 2. The topological polar surface area (TPSA) is 39.0 Å². The zero-order chi connectivity index (χ0) is 14.4. The molecular formula is C15H20BrN3O. The Kier molecular flexibility index (Phi) is 3.50. The fourth-order valence-electron chi connectivity index (χ4n) is 3.19. The van der Waals surface area contributed by atoms with Crippen molar-refractivity contribution in [1.29, 1.82) is 0 Å². The highest BCUT2D eigenvalue weighted by atomic mass is 79.9. The van der Waals surface area contributed by atoms with Crippen LogP contribution in [0.3, 0.4) is 0 Å². The molecule has 1 aliphatic rings. The predicted molar refractivity (Wildman–Crippen MR) is 85.0 cm³/mol. The Morgan fingerprint density at radius 3 is 2.35 bits per heavy atom. The Balaban J connectivity index is 2.18. The lowest BCUT2D eigenvalue weighted by atomic mass is 9.77. The van der Waals surface area contributed by atoms with Crippen molar-refractivity contribution in [3.63, 3.8) is 0 Å². The van der Waals surface area contributed by atoms with Gasteiger partial charge in [-0.3, -0.25) is 9.13 Å². The van der Waals surface area contributed by atoms with Crippen LogP contribution in [0.5, 0.6) is 0 Å². The number of hydrogen-bond acceptors (Lipinski definition) is 2. The summed E-state index contributed by atoms with van der Waals surface area (Å²) in [5.41, 5.74) is 3.24. The number of imidazole rings is 1. The molecule has 1 saturated carbocycles. The zero-order valence-corrected chi connectivity index (χ0v) is 13.7. The fourth-order valence-corrected chi connectivity index (χ4v) is 3.77. The Bertz CT molecular complexity index is 712. The number of hydrogen-bond donors (Lipinski definition) is 1. The third-order valence-electron chi connectivity index (χ3n) is 4.66. The molecule has 1 atom stereocenters. The van der Waals surface area contributed by atoms with Crippen molar-refractivity contribution < 1.29 is 0 Å². The number of fused-ring (bicyclic) bond motifs is 1. The number of nitrogens with zero attached hydrogens (tertiary/aromatic N) is 2. The van der Waals surface area contributed by atoms with Crippen LogP contribution in [0.25, 0.3) is 11.0 Å². The number of halogens is 1. The number of nitrogens with one attached hydrogen (secondary N) is 1. The molecule has 0 spiro atoms. The molecule has 0 aliphatic heterocycles. The zero-order valence-electron chi connectivity index (χ0n) is 12.1. The van der Waals surface area contributed by atoms with Gasteiger partial charge in [0.2, 0.25) is 0 Å². The molecule has 0 amide bonds. The minimum Gasteiger partial charge on any atom is -0.313 e. The van der Waals surface area contributed by atoms with Gasteiger partial charge in [-0.1, -0.05) is 22.4 Å². The van der Waals surface area contributed by atoms with Crippen molar-refractivity contribution in [3.8, 4) is 0 Å². The summed E-state index contributed by atoms with van der Waals surface area (Å²) in [5, 5.41) is 3.44. The first-order valence-electron chi connectivity index (χ1n) is 7.06. The molecule has 2 aromatic rings. The van der Waals surface area contributed by atoms with Crippen LogP contribution in [0.2, 0.25) is 0 Å². The van der Waals surface area contributed by atoms with Crippen molar-refractivity contribution >= 4 is 27.0 Å². The Morgan fingerprint density at radius 2 is 1.85 bits per heavy atom. The lowest BCUT2D eigenvalue weighted by Gasteiger charge is -2.34. The van der Waals surface area contributed by atoms with E-state index in [9.17, 15) is 4.79 Å². The summed E-state index contributed by atoms with van der Waals surface area (Å²) in [6, 6.07) is 4.58. The van der Waals surface area contributed by atoms with Gasteiger partial charge in [-0.05, 0) is 43.5 Å². The van der Waals surface area contributed by atoms with Gasteiger partial charge in [0.25, 0.3) is 0 Å². The highest BCUT2D eigenvalue weighted by molar-refractivity contribution is 9.10. The van der Waals surface area contributed by atoms with Gasteiger partial charge in [-0.15, -0.1) is 0 Å². The lowest BCUT2D eigenvalue weighted by molar-refractivity contribution is 0.239. The molecule has 20 heavy (non-hydrogen) atoms. The Morgan fingerprint density at radius 1 is 1.25 bits per heavy atom. The summed E-state index contributed by atoms with van der Waals surface area (Å²) in [6.07, 6.45) is 3.89. The van der Waals surface area contributed by atoms with Crippen LogP contribution in [0, 0.1) is 5.92 Å². The van der Waals surface area contributed by atoms with Crippen LogP contribution in [0.1, 0.15) is 30.9 Å². The molecule has 1 heterocycles. The molecule has 0 radical (unpaired) electrons. The van der Waals surface area contributed by atoms with E-state index in [1.807, 2.05) is 21.1 Å². The van der Waals surface area contributed by atoms with Gasteiger partial charge in [0, 0.05) is 24.6 Å². The SMILES string of the molecule is CNC(c1cc2c(cc1Br)n(C)c(=O)n2C)C1CCC1. The second-order valence-corrected chi connectivity index (χ2v) is 6.57. The molecule has 1 N–H and O–H groups in total. The van der Waals surface area contributed by atoms with Gasteiger partial charge in [-0.25, -0.2) is 4.79 Å². The summed E-state index contributed by atoms with van der Waals surface area (Å²) >= 11 is 3.68. The van der Waals surface area contributed by atoms with Gasteiger partial charge in [0.05, 0.1) is 11.0 Å². The molecule has 5 heteroatoms. The Hall–Kier alpha value is -1.07. The molecule has 1 unspecified atom stereocenters. The van der Waals surface area contributed by atoms with Crippen molar-refractivity contribution in [2.45, 2.75) is 25.3 Å². The van der Waals surface area contributed by atoms with Gasteiger partial charge >= 0.3 is 5.69 Å². The van der Waals surface area contributed by atoms with E-state index in [1.54, 1.807) is 9.13 Å². The molecule has 0 bridgehead atoms. The van der Waals surface area contributed by atoms with Gasteiger partial charge in [0.15, 0.2) is 0 Å². The number of rotatable bonds is 3. The van der Waals surface area contributed by atoms with Crippen LogP contribution in [-0.4, -0.2) is 16.2 Å². The van der Waals surface area contributed by atoms with E-state index in [2.05, 4.69) is 33.4 Å². The maximum absolute atomic E-state index is 12.0. The minimum absolute atomic E-state index is 0.0219. The largest absolute Gasteiger partial charge is 0.328 e. The van der Waals surface area contributed by atoms with Gasteiger partial charge < -0.3 is 5.32 Å². The third-order valence-corrected chi connectivity index (χ3v) is 5.34. The quantitative estimate of drug-likeness (QED) is 0.935. The van der Waals surface area contributed by atoms with Crippen LogP contribution < -0.4 is 11.0 Å². The third kappa shape index (κ3) is 1.95. The summed E-state index contributed by atoms with van der Waals surface area (Å²) in [4.78, 5) is 12.0. The van der Waals surface area contributed by atoms with E-state index in [0.29, 0.717) is 12.0 Å². The van der Waals surface area contributed by atoms with E-state index in [-0.39, 0.29) is 5.69 Å². The van der Waals surface area contributed by atoms with Crippen LogP contribution in [-0.2, 0) is 14.1 Å². The maximum Gasteiger partial charge on any atom is 0.328 e. The standard InChI is InChI=1S/C15H20BrN3O/c1-17-14(9-5-4-6-9)10-7-12-13(8-11(10)16)19(3)15(20)18(12)2/h7-9,14,17H,4-6H2,1-3H3. The summed E-state index contributed by atoms with van der Waals surface area (Å²) in [7, 11) is 5.67. The lowest BCUT2D eigenvalue weighted by Crippen LogP contribution is -2.30. The van der Waals surface area contributed by atoms with Gasteiger partial charge in [-0.2, -0.15) is 0 Å². The Labute approximate surface area is 126 Å². The van der Waals surface area contributed by atoms with Crippen molar-refractivity contribution in [3.05, 3.63) is 32.7 Å². The molecular weight excluding hydrogens is 318 g/mol. The normalized spacial score (nSPS) is 17.4. The van der Waals surface area contributed by atoms with E-state index >= 15 is 0 Å². The average molecular weight is 338 g/mol. The van der Waals surface area contributed by atoms with Crippen molar-refractivity contribution in [2.24, 2.45) is 20.0 Å². The van der Waals surface area contributed by atoms with E-state index < -0.39 is 0 Å². The summed E-state index contributed by atoms with van der Waals surface area (Å²) < 4.78 is 4.50. The number of benzene rings is 1. The fraction of sp³-hybridized carbons (Fsp3) is 0.533. The van der Waals surface area contributed by atoms with Crippen LogP contribution >= 0.6 is 15.9 Å². The first-order chi connectivity index (χ1) is 9.54. The van der Waals surface area contributed by atoms with E-state index in [1.165, 1.54) is 24.8 Å². The smallest absolute Gasteiger partial charge is 0.313 e. The highest BCUT2D eigenvalue weighted by Crippen LogP contribution is 2.40. The van der Waals surface area contributed by atoms with Crippen LogP contribution in [0.4, 0.5) is 0 Å². The molecule has 1 aromatic carbocycles. The van der Waals surface area contributed by atoms with E-state index in [4.69, 9.17) is 0 Å². The summed E-state index contributed by atoms with van der Waals surface area (Å²) in [5.74, 6) is 0.703. The van der Waals surface area contributed by atoms with Crippen LogP contribution in [0.15, 0.2) is 21.4 Å². The van der Waals surface area contributed by atoms with Crippen molar-refractivity contribution in [1.82, 2.24) is 14.5 Å². The second-order valence-electron chi connectivity index (χ2n) is 5.72. The molecule has 1 fully saturated rings. The average Bonchev–Trinajstić information content (AvgIpc) is 2.58. The maximum atomic E-state index is 12.0. The molecule has 4 nitrogen and oxygen atoms in total. The number of aromatic nitrogens is 2. The second kappa shape index (κ2) is 5.04.